The van der Waals surface area contributed by atoms with Crippen LogP contribution in [0.1, 0.15) is 35.4 Å². The molecule has 3 heterocycles. The Bertz CT molecular complexity index is 1300. The van der Waals surface area contributed by atoms with Crippen molar-refractivity contribution in [3.8, 4) is 5.75 Å². The Balaban J connectivity index is 1.34. The number of para-hydroxylation sites is 1. The van der Waals surface area contributed by atoms with Gasteiger partial charge in [0.25, 0.3) is 11.9 Å². The Labute approximate surface area is 211 Å². The third-order valence-electron chi connectivity index (χ3n) is 7.68. The highest BCUT2D eigenvalue weighted by molar-refractivity contribution is 9.10. The molecule has 0 unspecified atom stereocenters. The zero-order valence-electron chi connectivity index (χ0n) is 18.9. The van der Waals surface area contributed by atoms with Crippen molar-refractivity contribution >= 4 is 27.5 Å². The molecule has 1 amide bonds. The van der Waals surface area contributed by atoms with Gasteiger partial charge in [0.2, 0.25) is 0 Å². The third kappa shape index (κ3) is 3.38. The van der Waals surface area contributed by atoms with Crippen LogP contribution in [0.4, 0.5) is 5.69 Å². The summed E-state index contributed by atoms with van der Waals surface area (Å²) < 4.78 is 6.96. The highest BCUT2D eigenvalue weighted by atomic mass is 79.9. The smallest absolute Gasteiger partial charge is 0.256 e. The summed E-state index contributed by atoms with van der Waals surface area (Å²) in [5.74, 6) is 0.0171. The van der Waals surface area contributed by atoms with E-state index in [1.165, 1.54) is 0 Å². The fourth-order valence-electron chi connectivity index (χ4n) is 6.31. The minimum Gasteiger partial charge on any atom is -0.489 e. The lowest BCUT2D eigenvalue weighted by Gasteiger charge is -2.32. The number of amides is 1. The molecule has 3 aromatic rings. The van der Waals surface area contributed by atoms with Crippen molar-refractivity contribution in [2.75, 3.05) is 11.9 Å². The Morgan fingerprint density at radius 1 is 1.09 bits per heavy atom. The number of hydrogen-bond acceptors (Lipinski definition) is 5. The fraction of sp³-hybridized carbons (Fsp3) is 0.296. The van der Waals surface area contributed by atoms with E-state index < -0.39 is 17.5 Å². The summed E-state index contributed by atoms with van der Waals surface area (Å²) in [6.07, 6.45) is 1.74. The zero-order valence-corrected chi connectivity index (χ0v) is 20.5. The van der Waals surface area contributed by atoms with E-state index in [1.807, 2.05) is 72.8 Å². The van der Waals surface area contributed by atoms with Crippen LogP contribution in [-0.4, -0.2) is 34.4 Å². The second-order valence-electron chi connectivity index (χ2n) is 9.41. The summed E-state index contributed by atoms with van der Waals surface area (Å²) in [7, 11) is 0. The summed E-state index contributed by atoms with van der Waals surface area (Å²) in [5.41, 5.74) is 2.02. The summed E-state index contributed by atoms with van der Waals surface area (Å²) in [6.45, 7) is 1.10. The van der Waals surface area contributed by atoms with Crippen LogP contribution in [0.2, 0.25) is 0 Å². The molecule has 0 aromatic heterocycles. The molecule has 0 bridgehead atoms. The fourth-order valence-corrected chi connectivity index (χ4v) is 6.57. The molecule has 6 rings (SSSR count). The van der Waals surface area contributed by atoms with Gasteiger partial charge in [-0.2, -0.15) is 0 Å². The van der Waals surface area contributed by atoms with Gasteiger partial charge in [-0.25, -0.2) is 0 Å². The van der Waals surface area contributed by atoms with Crippen molar-refractivity contribution in [3.63, 3.8) is 0 Å². The Hall–Kier alpha value is -3.23. The van der Waals surface area contributed by atoms with Crippen LogP contribution in [0.15, 0.2) is 77.3 Å². The van der Waals surface area contributed by atoms with Crippen molar-refractivity contribution in [1.82, 2.24) is 4.90 Å². The van der Waals surface area contributed by atoms with Crippen molar-refractivity contribution in [2.45, 2.75) is 43.0 Å². The average Bonchev–Trinajstić information content (AvgIpc) is 3.52. The van der Waals surface area contributed by atoms with Gasteiger partial charge in [-0.05, 0) is 54.3 Å². The molecular formula is C27H24BrN3O4. The van der Waals surface area contributed by atoms with Crippen LogP contribution in [0.5, 0.6) is 5.75 Å². The van der Waals surface area contributed by atoms with E-state index in [0.717, 1.165) is 34.0 Å². The number of fused-ring (bicyclic) bond motifs is 4. The number of anilines is 1. The van der Waals surface area contributed by atoms with Gasteiger partial charge in [0, 0.05) is 33.2 Å². The van der Waals surface area contributed by atoms with Crippen LogP contribution < -0.4 is 10.1 Å². The molecule has 35 heavy (non-hydrogen) atoms. The number of halogens is 1. The normalized spacial score (nSPS) is 27.0. The molecule has 0 radical (unpaired) electrons. The topological polar surface area (TPSA) is 84.7 Å². The highest BCUT2D eigenvalue weighted by Crippen LogP contribution is 2.58. The molecule has 8 heteroatoms. The lowest BCUT2D eigenvalue weighted by Crippen LogP contribution is -2.55. The van der Waals surface area contributed by atoms with E-state index in [-0.39, 0.29) is 16.9 Å². The molecule has 178 valence electrons. The number of carbonyl (C=O) groups excluding carboxylic acids is 1. The van der Waals surface area contributed by atoms with Crippen LogP contribution in [0.3, 0.4) is 0 Å². The van der Waals surface area contributed by atoms with Gasteiger partial charge in [0.1, 0.15) is 12.4 Å². The maximum Gasteiger partial charge on any atom is 0.256 e. The first kappa shape index (κ1) is 22.2. The first-order valence-electron chi connectivity index (χ1n) is 11.8. The standard InChI is InChI=1S/C27H24BrN3O4/c28-19-11-7-17(8-12-19)16-35-20-13-9-18(10-14-20)24-23-6-3-15-30(23)27(25(24)31(33)34)21-4-1-2-5-22(21)29-26(27)32/h1-2,4-5,7-14,23-25H,3,6,15-16H2,(H,29,32)/t23-,24-,25-,27+/m1/s1. The van der Waals surface area contributed by atoms with Crippen LogP contribution in [0, 0.1) is 10.1 Å². The van der Waals surface area contributed by atoms with Gasteiger partial charge in [-0.3, -0.25) is 19.8 Å². The number of ether oxygens (including phenoxy) is 1. The van der Waals surface area contributed by atoms with Gasteiger partial charge in [0.05, 0.1) is 5.92 Å². The van der Waals surface area contributed by atoms with Gasteiger partial charge >= 0.3 is 0 Å². The Morgan fingerprint density at radius 3 is 2.57 bits per heavy atom. The number of nitro groups is 1. The van der Waals surface area contributed by atoms with Crippen molar-refractivity contribution < 1.29 is 14.5 Å². The van der Waals surface area contributed by atoms with Gasteiger partial charge in [-0.15, -0.1) is 0 Å². The summed E-state index contributed by atoms with van der Waals surface area (Å²) in [4.78, 5) is 28.0. The molecule has 2 fully saturated rings. The number of benzene rings is 3. The van der Waals surface area contributed by atoms with Crippen LogP contribution in [-0.2, 0) is 16.9 Å². The van der Waals surface area contributed by atoms with E-state index in [9.17, 15) is 14.9 Å². The van der Waals surface area contributed by atoms with E-state index in [0.29, 0.717) is 24.6 Å². The first-order chi connectivity index (χ1) is 17.0. The second kappa shape index (κ2) is 8.46. The van der Waals surface area contributed by atoms with E-state index in [1.54, 1.807) is 0 Å². The van der Waals surface area contributed by atoms with Gasteiger partial charge in [-0.1, -0.05) is 58.4 Å². The van der Waals surface area contributed by atoms with Crippen LogP contribution in [0.25, 0.3) is 0 Å². The van der Waals surface area contributed by atoms with Crippen molar-refractivity contribution in [2.24, 2.45) is 0 Å². The van der Waals surface area contributed by atoms with Crippen molar-refractivity contribution in [3.05, 3.63) is 104 Å². The van der Waals surface area contributed by atoms with E-state index in [2.05, 4.69) is 26.1 Å². The highest BCUT2D eigenvalue weighted by Gasteiger charge is 2.73. The molecule has 0 aliphatic carbocycles. The molecule has 4 atom stereocenters. The number of nitrogens with zero attached hydrogens (tertiary/aromatic N) is 2. The summed E-state index contributed by atoms with van der Waals surface area (Å²) >= 11 is 3.43. The maximum absolute atomic E-state index is 13.5. The summed E-state index contributed by atoms with van der Waals surface area (Å²) in [6, 6.07) is 21.8. The molecule has 1 N–H and O–H groups in total. The maximum atomic E-state index is 13.5. The first-order valence-corrected chi connectivity index (χ1v) is 12.6. The lowest BCUT2D eigenvalue weighted by molar-refractivity contribution is -0.534. The van der Waals surface area contributed by atoms with Gasteiger partial charge in [0.15, 0.2) is 5.54 Å². The molecule has 3 aliphatic rings. The number of nitrogens with one attached hydrogen (secondary N) is 1. The molecule has 1 spiro atoms. The van der Waals surface area contributed by atoms with E-state index >= 15 is 0 Å². The minimum atomic E-state index is -1.29. The predicted octanol–water partition coefficient (Wildman–Crippen LogP) is 5.08. The number of carbonyl (C=O) groups is 1. The Kier molecular flexibility index (Phi) is 5.38. The zero-order chi connectivity index (χ0) is 24.2. The molecule has 3 aliphatic heterocycles. The summed E-state index contributed by atoms with van der Waals surface area (Å²) in [5, 5.41) is 15.6. The van der Waals surface area contributed by atoms with Crippen LogP contribution >= 0.6 is 15.9 Å². The monoisotopic (exact) mass is 533 g/mol. The molecule has 2 saturated heterocycles. The quantitative estimate of drug-likeness (QED) is 0.365. The largest absolute Gasteiger partial charge is 0.489 e. The average molecular weight is 534 g/mol. The minimum absolute atomic E-state index is 0.0724. The molecule has 3 aromatic carbocycles. The predicted molar refractivity (Wildman–Crippen MR) is 135 cm³/mol. The number of hydrogen-bond donors (Lipinski definition) is 1. The Morgan fingerprint density at radius 2 is 1.83 bits per heavy atom. The molecular weight excluding hydrogens is 510 g/mol. The third-order valence-corrected chi connectivity index (χ3v) is 8.21. The lowest BCUT2D eigenvalue weighted by atomic mass is 9.77. The molecule has 7 nitrogen and oxygen atoms in total. The molecule has 0 saturated carbocycles. The number of rotatable bonds is 5. The van der Waals surface area contributed by atoms with Gasteiger partial charge < -0.3 is 10.1 Å². The van der Waals surface area contributed by atoms with E-state index in [4.69, 9.17) is 4.74 Å². The SMILES string of the molecule is O=C1Nc2ccccc2[C@]12[C@H]([N+](=O)[O-])[C@H](c1ccc(OCc3ccc(Br)cc3)cc1)[C@H]1CCCN12. The van der Waals surface area contributed by atoms with Crippen molar-refractivity contribution in [1.29, 1.82) is 0 Å². The second-order valence-corrected chi connectivity index (χ2v) is 10.3.